The number of rotatable bonds is 5. The second-order valence-corrected chi connectivity index (χ2v) is 5.63. The molecule has 0 aliphatic carbocycles. The molecule has 122 valence electrons. The van der Waals surface area contributed by atoms with E-state index in [-0.39, 0.29) is 0 Å². The Labute approximate surface area is 141 Å². The standard InChI is InChI=1S/C20H19NO3/c1-3-20(2,21)24-19-12-16(10-11-18(19)14-23)7-4-15-5-8-17(13-22)9-6-15/h5-6,8-14H,3,21H2,1-2H3. The molecule has 2 N–H and O–H groups in total. The number of aldehydes is 2. The molecule has 0 saturated heterocycles. The predicted octanol–water partition coefficient (Wildman–Crippen LogP) is 3.18. The minimum absolute atomic E-state index is 0.417. The van der Waals surface area contributed by atoms with Gasteiger partial charge in [0.2, 0.25) is 0 Å². The van der Waals surface area contributed by atoms with Crippen molar-refractivity contribution in [2.45, 2.75) is 26.0 Å². The van der Waals surface area contributed by atoms with Crippen LogP contribution in [-0.4, -0.2) is 18.3 Å². The Morgan fingerprint density at radius 1 is 1.04 bits per heavy atom. The Morgan fingerprint density at radius 2 is 1.67 bits per heavy atom. The summed E-state index contributed by atoms with van der Waals surface area (Å²) in [6.07, 6.45) is 2.12. The third kappa shape index (κ3) is 4.55. The number of benzene rings is 2. The molecule has 0 fully saturated rings. The van der Waals surface area contributed by atoms with Crippen molar-refractivity contribution >= 4 is 12.6 Å². The SMILES string of the molecule is CCC(C)(N)Oc1cc(C#Cc2ccc(C=O)cc2)ccc1C=O. The van der Waals surface area contributed by atoms with Crippen LogP contribution in [-0.2, 0) is 0 Å². The van der Waals surface area contributed by atoms with Crippen LogP contribution in [0.5, 0.6) is 5.75 Å². The molecule has 1 unspecified atom stereocenters. The highest BCUT2D eigenvalue weighted by molar-refractivity contribution is 5.80. The lowest BCUT2D eigenvalue weighted by Gasteiger charge is -2.25. The van der Waals surface area contributed by atoms with Gasteiger partial charge in [-0.05, 0) is 43.7 Å². The van der Waals surface area contributed by atoms with Gasteiger partial charge in [0.1, 0.15) is 12.0 Å². The van der Waals surface area contributed by atoms with E-state index in [9.17, 15) is 9.59 Å². The van der Waals surface area contributed by atoms with Gasteiger partial charge in [0.05, 0.1) is 5.56 Å². The number of hydrogen-bond donors (Lipinski definition) is 1. The number of hydrogen-bond acceptors (Lipinski definition) is 4. The number of ether oxygens (including phenoxy) is 1. The zero-order chi connectivity index (χ0) is 17.6. The summed E-state index contributed by atoms with van der Waals surface area (Å²) in [6, 6.07) is 12.1. The lowest BCUT2D eigenvalue weighted by atomic mass is 10.1. The first-order valence-electron chi connectivity index (χ1n) is 7.62. The summed E-state index contributed by atoms with van der Waals surface area (Å²) >= 11 is 0. The molecule has 1 atom stereocenters. The van der Waals surface area contributed by atoms with Crippen molar-refractivity contribution in [2.24, 2.45) is 5.73 Å². The second-order valence-electron chi connectivity index (χ2n) is 5.63. The van der Waals surface area contributed by atoms with E-state index in [1.165, 1.54) is 0 Å². The van der Waals surface area contributed by atoms with Gasteiger partial charge in [0.15, 0.2) is 12.0 Å². The van der Waals surface area contributed by atoms with Gasteiger partial charge < -0.3 is 4.74 Å². The maximum Gasteiger partial charge on any atom is 0.155 e. The van der Waals surface area contributed by atoms with Gasteiger partial charge in [-0.25, -0.2) is 0 Å². The maximum atomic E-state index is 11.2. The van der Waals surface area contributed by atoms with E-state index in [1.807, 2.05) is 6.92 Å². The topological polar surface area (TPSA) is 69.4 Å². The summed E-state index contributed by atoms with van der Waals surface area (Å²) in [4.78, 5) is 21.8. The van der Waals surface area contributed by atoms with E-state index in [0.29, 0.717) is 28.9 Å². The third-order valence-electron chi connectivity index (χ3n) is 3.58. The molecule has 0 aromatic heterocycles. The van der Waals surface area contributed by atoms with Gasteiger partial charge in [-0.15, -0.1) is 0 Å². The first-order chi connectivity index (χ1) is 11.5. The molecular formula is C20H19NO3. The molecule has 2 aromatic carbocycles. The predicted molar refractivity (Wildman–Crippen MR) is 93.2 cm³/mol. The molecule has 0 radical (unpaired) electrons. The van der Waals surface area contributed by atoms with Crippen LogP contribution in [0.25, 0.3) is 0 Å². The summed E-state index contributed by atoms with van der Waals surface area (Å²) in [7, 11) is 0. The summed E-state index contributed by atoms with van der Waals surface area (Å²) in [6.45, 7) is 3.67. The molecule has 0 aliphatic heterocycles. The molecule has 4 nitrogen and oxygen atoms in total. The average molecular weight is 321 g/mol. The smallest absolute Gasteiger partial charge is 0.155 e. The monoisotopic (exact) mass is 321 g/mol. The van der Waals surface area contributed by atoms with Gasteiger partial charge >= 0.3 is 0 Å². The summed E-state index contributed by atoms with van der Waals surface area (Å²) in [5.41, 5.74) is 7.70. The average Bonchev–Trinajstić information content (AvgIpc) is 2.60. The largest absolute Gasteiger partial charge is 0.473 e. The molecule has 2 aromatic rings. The van der Waals surface area contributed by atoms with Gasteiger partial charge in [0.25, 0.3) is 0 Å². The molecule has 0 amide bonds. The number of carbonyl (C=O) groups is 2. The highest BCUT2D eigenvalue weighted by Gasteiger charge is 2.19. The van der Waals surface area contributed by atoms with Crippen LogP contribution in [0.2, 0.25) is 0 Å². The Morgan fingerprint density at radius 3 is 2.25 bits per heavy atom. The minimum Gasteiger partial charge on any atom is -0.473 e. The fraction of sp³-hybridized carbons (Fsp3) is 0.200. The van der Waals surface area contributed by atoms with Crippen molar-refractivity contribution in [1.29, 1.82) is 0 Å². The van der Waals surface area contributed by atoms with E-state index in [2.05, 4.69) is 11.8 Å². The van der Waals surface area contributed by atoms with Gasteiger partial charge in [-0.1, -0.05) is 30.9 Å². The lowest BCUT2D eigenvalue weighted by molar-refractivity contribution is 0.0892. The van der Waals surface area contributed by atoms with Crippen LogP contribution < -0.4 is 10.5 Å². The lowest BCUT2D eigenvalue weighted by Crippen LogP contribution is -2.41. The van der Waals surface area contributed by atoms with Crippen LogP contribution in [0.1, 0.15) is 52.1 Å². The molecule has 2 rings (SSSR count). The molecule has 4 heteroatoms. The van der Waals surface area contributed by atoms with Crippen molar-refractivity contribution in [3.8, 4) is 17.6 Å². The fourth-order valence-electron chi connectivity index (χ4n) is 1.91. The van der Waals surface area contributed by atoms with Gasteiger partial charge in [-0.3, -0.25) is 15.3 Å². The Kier molecular flexibility index (Phi) is 5.51. The van der Waals surface area contributed by atoms with Crippen LogP contribution in [0, 0.1) is 11.8 Å². The van der Waals surface area contributed by atoms with E-state index < -0.39 is 5.72 Å². The molecule has 24 heavy (non-hydrogen) atoms. The Balaban J connectivity index is 2.29. The van der Waals surface area contributed by atoms with Crippen molar-refractivity contribution < 1.29 is 14.3 Å². The van der Waals surface area contributed by atoms with E-state index in [1.54, 1.807) is 49.4 Å². The van der Waals surface area contributed by atoms with E-state index in [4.69, 9.17) is 10.5 Å². The van der Waals surface area contributed by atoms with Crippen LogP contribution in [0.3, 0.4) is 0 Å². The highest BCUT2D eigenvalue weighted by Crippen LogP contribution is 2.23. The third-order valence-corrected chi connectivity index (χ3v) is 3.58. The zero-order valence-corrected chi connectivity index (χ0v) is 13.7. The number of nitrogens with two attached hydrogens (primary N) is 1. The van der Waals surface area contributed by atoms with Crippen LogP contribution in [0.4, 0.5) is 0 Å². The molecule has 0 bridgehead atoms. The highest BCUT2D eigenvalue weighted by atomic mass is 16.5. The minimum atomic E-state index is -0.853. The zero-order valence-electron chi connectivity index (χ0n) is 13.7. The fourth-order valence-corrected chi connectivity index (χ4v) is 1.91. The van der Waals surface area contributed by atoms with Crippen molar-refractivity contribution in [2.75, 3.05) is 0 Å². The molecular weight excluding hydrogens is 302 g/mol. The molecule has 0 aliphatic rings. The molecule has 0 heterocycles. The molecule has 0 saturated carbocycles. The molecule has 0 spiro atoms. The first-order valence-corrected chi connectivity index (χ1v) is 7.62. The normalized spacial score (nSPS) is 12.5. The van der Waals surface area contributed by atoms with E-state index >= 15 is 0 Å². The maximum absolute atomic E-state index is 11.2. The van der Waals surface area contributed by atoms with Crippen LogP contribution >= 0.6 is 0 Å². The number of carbonyl (C=O) groups excluding carboxylic acids is 2. The quantitative estimate of drug-likeness (QED) is 0.522. The van der Waals surface area contributed by atoms with Crippen LogP contribution in [0.15, 0.2) is 42.5 Å². The van der Waals surface area contributed by atoms with Gasteiger partial charge in [0, 0.05) is 16.7 Å². The van der Waals surface area contributed by atoms with Crippen molar-refractivity contribution in [3.63, 3.8) is 0 Å². The summed E-state index contributed by atoms with van der Waals surface area (Å²) < 4.78 is 5.74. The van der Waals surface area contributed by atoms with Crippen molar-refractivity contribution in [3.05, 3.63) is 64.7 Å². The van der Waals surface area contributed by atoms with Crippen molar-refractivity contribution in [1.82, 2.24) is 0 Å². The summed E-state index contributed by atoms with van der Waals surface area (Å²) in [5, 5.41) is 0. The summed E-state index contributed by atoms with van der Waals surface area (Å²) in [5.74, 6) is 6.45. The second kappa shape index (κ2) is 7.58. The van der Waals surface area contributed by atoms with Gasteiger partial charge in [-0.2, -0.15) is 0 Å². The Hall–Kier alpha value is -2.90. The van der Waals surface area contributed by atoms with E-state index in [0.717, 1.165) is 18.1 Å². The first kappa shape index (κ1) is 17.5. The Bertz CT molecular complexity index is 796.